The van der Waals surface area contributed by atoms with Crippen LogP contribution in [-0.2, 0) is 9.53 Å². The second-order valence-electron chi connectivity index (χ2n) is 12.6. The molecule has 2 saturated carbocycles. The van der Waals surface area contributed by atoms with Crippen LogP contribution in [0.15, 0.2) is 18.2 Å². The Morgan fingerprint density at radius 3 is 2.34 bits per heavy atom. The van der Waals surface area contributed by atoms with Gasteiger partial charge in [-0.2, -0.15) is 0 Å². The number of carbonyl (C=O) groups is 2. The van der Waals surface area contributed by atoms with Crippen molar-refractivity contribution in [1.82, 2.24) is 15.1 Å². The van der Waals surface area contributed by atoms with Gasteiger partial charge in [0.05, 0.1) is 13.7 Å². The van der Waals surface area contributed by atoms with E-state index in [4.69, 9.17) is 14.2 Å². The van der Waals surface area contributed by atoms with Gasteiger partial charge in [0.2, 0.25) is 5.91 Å². The standard InChI is InChI=1S/C33H53N3O5/c1-24(2)35(33(38)26-12-15-30(40-4)31(19-26)41-18-8-17-39-3)22-27-20-34-21-28(27)23-36(29-13-14-29)32(37)16-11-25-9-6-5-7-10-25/h12,15,19,24-25,27-29,34H,5-11,13-14,16-18,20-23H2,1-4H3/t27-,28-/m0/s1. The van der Waals surface area contributed by atoms with Gasteiger partial charge in [0.1, 0.15) is 0 Å². The molecule has 0 radical (unpaired) electrons. The summed E-state index contributed by atoms with van der Waals surface area (Å²) in [6.07, 6.45) is 11.3. The second kappa shape index (κ2) is 15.8. The van der Waals surface area contributed by atoms with Crippen LogP contribution in [0.1, 0.15) is 88.4 Å². The van der Waals surface area contributed by atoms with Gasteiger partial charge in [0.25, 0.3) is 5.91 Å². The van der Waals surface area contributed by atoms with Crippen LogP contribution in [0.2, 0.25) is 0 Å². The highest BCUT2D eigenvalue weighted by Gasteiger charge is 2.38. The third-order valence-electron chi connectivity index (χ3n) is 9.19. The lowest BCUT2D eigenvalue weighted by Gasteiger charge is -2.34. The molecule has 1 heterocycles. The molecular formula is C33H53N3O5. The van der Waals surface area contributed by atoms with E-state index in [9.17, 15) is 9.59 Å². The molecule has 2 aliphatic carbocycles. The van der Waals surface area contributed by atoms with E-state index in [-0.39, 0.29) is 11.9 Å². The van der Waals surface area contributed by atoms with Gasteiger partial charge in [-0.1, -0.05) is 32.1 Å². The zero-order valence-corrected chi connectivity index (χ0v) is 25.9. The third kappa shape index (κ3) is 9.08. The van der Waals surface area contributed by atoms with E-state index in [1.54, 1.807) is 20.3 Å². The largest absolute Gasteiger partial charge is 0.493 e. The van der Waals surface area contributed by atoms with Gasteiger partial charge < -0.3 is 29.3 Å². The summed E-state index contributed by atoms with van der Waals surface area (Å²) >= 11 is 0. The summed E-state index contributed by atoms with van der Waals surface area (Å²) < 4.78 is 16.5. The van der Waals surface area contributed by atoms with E-state index in [0.717, 1.165) is 51.2 Å². The lowest BCUT2D eigenvalue weighted by Crippen LogP contribution is -2.45. The molecule has 0 bridgehead atoms. The predicted molar refractivity (Wildman–Crippen MR) is 162 cm³/mol. The summed E-state index contributed by atoms with van der Waals surface area (Å²) in [5.74, 6) is 2.91. The van der Waals surface area contributed by atoms with Gasteiger partial charge >= 0.3 is 0 Å². The van der Waals surface area contributed by atoms with Crippen LogP contribution in [0.25, 0.3) is 0 Å². The van der Waals surface area contributed by atoms with Crippen molar-refractivity contribution in [2.75, 3.05) is 53.6 Å². The molecule has 8 heteroatoms. The monoisotopic (exact) mass is 571 g/mol. The Bertz CT molecular complexity index is 976. The van der Waals surface area contributed by atoms with Crippen molar-refractivity contribution in [2.45, 2.75) is 90.1 Å². The zero-order chi connectivity index (χ0) is 29.2. The predicted octanol–water partition coefficient (Wildman–Crippen LogP) is 5.15. The van der Waals surface area contributed by atoms with Gasteiger partial charge in [-0.25, -0.2) is 0 Å². The lowest BCUT2D eigenvalue weighted by molar-refractivity contribution is -0.133. The fourth-order valence-electron chi connectivity index (χ4n) is 6.51. The Kier molecular flexibility index (Phi) is 12.2. The number of amides is 2. The average Bonchev–Trinajstić information content (AvgIpc) is 3.74. The minimum absolute atomic E-state index is 0.00217. The van der Waals surface area contributed by atoms with Crippen molar-refractivity contribution in [3.63, 3.8) is 0 Å². The molecule has 1 aromatic rings. The molecule has 0 aromatic heterocycles. The van der Waals surface area contributed by atoms with E-state index in [1.807, 2.05) is 17.0 Å². The summed E-state index contributed by atoms with van der Waals surface area (Å²) in [4.78, 5) is 31.4. The molecule has 230 valence electrons. The van der Waals surface area contributed by atoms with Crippen LogP contribution in [-0.4, -0.2) is 87.3 Å². The number of ether oxygens (including phenoxy) is 3. The molecule has 41 heavy (non-hydrogen) atoms. The summed E-state index contributed by atoms with van der Waals surface area (Å²) in [6, 6.07) is 5.90. The van der Waals surface area contributed by atoms with Crippen molar-refractivity contribution in [2.24, 2.45) is 17.8 Å². The normalized spacial score (nSPS) is 21.2. The van der Waals surface area contributed by atoms with E-state index in [0.29, 0.717) is 67.0 Å². The minimum Gasteiger partial charge on any atom is -0.493 e. The first-order valence-electron chi connectivity index (χ1n) is 16.0. The number of nitrogens with zero attached hydrogens (tertiary/aromatic N) is 2. The Labute approximate surface area is 247 Å². The van der Waals surface area contributed by atoms with Gasteiger partial charge in [-0.3, -0.25) is 9.59 Å². The molecule has 2 amide bonds. The summed E-state index contributed by atoms with van der Waals surface area (Å²) in [6.45, 7) is 8.48. The average molecular weight is 572 g/mol. The third-order valence-corrected chi connectivity index (χ3v) is 9.19. The molecule has 3 fully saturated rings. The summed E-state index contributed by atoms with van der Waals surface area (Å²) in [7, 11) is 3.28. The summed E-state index contributed by atoms with van der Waals surface area (Å²) in [5.41, 5.74) is 0.598. The molecule has 1 aromatic carbocycles. The highest BCUT2D eigenvalue weighted by atomic mass is 16.5. The van der Waals surface area contributed by atoms with Crippen molar-refractivity contribution < 1.29 is 23.8 Å². The van der Waals surface area contributed by atoms with Gasteiger partial charge in [0.15, 0.2) is 11.5 Å². The Balaban J connectivity index is 1.38. The van der Waals surface area contributed by atoms with E-state index in [1.165, 1.54) is 32.1 Å². The number of carbonyl (C=O) groups excluding carboxylic acids is 2. The number of methoxy groups -OCH3 is 2. The fraction of sp³-hybridized carbons (Fsp3) is 0.758. The van der Waals surface area contributed by atoms with Gasteiger partial charge in [0, 0.05) is 70.4 Å². The first-order chi connectivity index (χ1) is 19.9. The molecule has 0 unspecified atom stereocenters. The number of benzene rings is 1. The molecule has 3 aliphatic rings. The van der Waals surface area contributed by atoms with Crippen molar-refractivity contribution in [1.29, 1.82) is 0 Å². The molecular weight excluding hydrogens is 518 g/mol. The molecule has 1 N–H and O–H groups in total. The van der Waals surface area contributed by atoms with Crippen LogP contribution in [0.5, 0.6) is 11.5 Å². The molecule has 1 aliphatic heterocycles. The first kappa shape index (κ1) is 31.6. The second-order valence-corrected chi connectivity index (χ2v) is 12.6. The topological polar surface area (TPSA) is 80.3 Å². The quantitative estimate of drug-likeness (QED) is 0.277. The maximum absolute atomic E-state index is 13.8. The first-order valence-corrected chi connectivity index (χ1v) is 16.0. The molecule has 2 atom stereocenters. The molecule has 1 saturated heterocycles. The van der Waals surface area contributed by atoms with Gasteiger partial charge in [-0.05, 0) is 69.1 Å². The molecule has 0 spiro atoms. The zero-order valence-electron chi connectivity index (χ0n) is 25.9. The SMILES string of the molecule is COCCCOc1cc(C(=O)N(C[C@@H]2CNC[C@H]2CN(C(=O)CCC2CCCCC2)C2CC2)C(C)C)ccc1OC. The lowest BCUT2D eigenvalue weighted by atomic mass is 9.86. The van der Waals surface area contributed by atoms with Crippen molar-refractivity contribution in [3.05, 3.63) is 23.8 Å². The maximum Gasteiger partial charge on any atom is 0.254 e. The minimum atomic E-state index is -0.00217. The Morgan fingerprint density at radius 2 is 1.68 bits per heavy atom. The number of rotatable bonds is 16. The van der Waals surface area contributed by atoms with Crippen LogP contribution < -0.4 is 14.8 Å². The number of nitrogens with one attached hydrogen (secondary N) is 1. The molecule has 8 nitrogen and oxygen atoms in total. The van der Waals surface area contributed by atoms with Crippen LogP contribution in [0, 0.1) is 17.8 Å². The Morgan fingerprint density at radius 1 is 0.951 bits per heavy atom. The Hall–Kier alpha value is -2.32. The van der Waals surface area contributed by atoms with Crippen LogP contribution in [0.3, 0.4) is 0 Å². The van der Waals surface area contributed by atoms with E-state index in [2.05, 4.69) is 24.1 Å². The van der Waals surface area contributed by atoms with Crippen molar-refractivity contribution in [3.8, 4) is 11.5 Å². The highest BCUT2D eigenvalue weighted by molar-refractivity contribution is 5.95. The van der Waals surface area contributed by atoms with E-state index < -0.39 is 0 Å². The molecule has 4 rings (SSSR count). The summed E-state index contributed by atoms with van der Waals surface area (Å²) in [5, 5.41) is 3.57. The van der Waals surface area contributed by atoms with Crippen LogP contribution >= 0.6 is 0 Å². The van der Waals surface area contributed by atoms with E-state index >= 15 is 0 Å². The fourth-order valence-corrected chi connectivity index (χ4v) is 6.51. The number of hydrogen-bond donors (Lipinski definition) is 1. The van der Waals surface area contributed by atoms with Crippen LogP contribution in [0.4, 0.5) is 0 Å². The van der Waals surface area contributed by atoms with Gasteiger partial charge in [-0.15, -0.1) is 0 Å². The maximum atomic E-state index is 13.8. The van der Waals surface area contributed by atoms with Crippen molar-refractivity contribution >= 4 is 11.8 Å². The highest BCUT2D eigenvalue weighted by Crippen LogP contribution is 2.33. The number of hydrogen-bond acceptors (Lipinski definition) is 6. The smallest absolute Gasteiger partial charge is 0.254 e.